The molecule has 0 fully saturated rings. The molecule has 1 aromatic rings. The third-order valence-electron chi connectivity index (χ3n) is 1.59. The molecule has 0 atom stereocenters. The van der Waals surface area contributed by atoms with E-state index in [0.717, 1.165) is 0 Å². The topological polar surface area (TPSA) is 43.1 Å². The van der Waals surface area contributed by atoms with Crippen LogP contribution in [0.15, 0.2) is 5.10 Å². The molecule has 69 valence electrons. The number of aryl methyl sites for hydroxylation is 1. The first kappa shape index (κ1) is 8.21. The van der Waals surface area contributed by atoms with E-state index in [1.54, 1.807) is 0 Å². The zero-order valence-corrected chi connectivity index (χ0v) is 6.34. The van der Waals surface area contributed by atoms with Crippen LogP contribution >= 0.6 is 0 Å². The van der Waals surface area contributed by atoms with E-state index in [4.69, 9.17) is 0 Å². The summed E-state index contributed by atoms with van der Waals surface area (Å²) >= 11 is 0. The van der Waals surface area contributed by atoms with Crippen LogP contribution in [0.3, 0.4) is 0 Å². The van der Waals surface area contributed by atoms with Crippen molar-refractivity contribution < 1.29 is 13.2 Å². The summed E-state index contributed by atoms with van der Waals surface area (Å²) in [5, 5.41) is 9.85. The first-order valence-electron chi connectivity index (χ1n) is 3.54. The Hall–Kier alpha value is -1.40. The Morgan fingerprint density at radius 1 is 1.31 bits per heavy atom. The second-order valence-corrected chi connectivity index (χ2v) is 2.51. The van der Waals surface area contributed by atoms with Crippen molar-refractivity contribution in [1.29, 1.82) is 0 Å². The third-order valence-corrected chi connectivity index (χ3v) is 1.59. The van der Waals surface area contributed by atoms with Crippen molar-refractivity contribution >= 4 is 6.21 Å². The Bertz CT molecular complexity index is 351. The van der Waals surface area contributed by atoms with E-state index in [0.29, 0.717) is 17.5 Å². The van der Waals surface area contributed by atoms with Crippen LogP contribution in [0.5, 0.6) is 0 Å². The molecule has 0 saturated heterocycles. The molecule has 0 unspecified atom stereocenters. The molecule has 13 heavy (non-hydrogen) atoms. The number of fused-ring (bicyclic) bond motifs is 1. The number of aromatic nitrogens is 3. The molecule has 0 aliphatic carbocycles. The first-order chi connectivity index (χ1) is 6.09. The Morgan fingerprint density at radius 3 is 2.77 bits per heavy atom. The first-order valence-corrected chi connectivity index (χ1v) is 3.54. The van der Waals surface area contributed by atoms with Gasteiger partial charge in [-0.15, -0.1) is 10.2 Å². The average Bonchev–Trinajstić information content (AvgIpc) is 2.45. The van der Waals surface area contributed by atoms with Crippen molar-refractivity contribution in [3.05, 3.63) is 11.6 Å². The monoisotopic (exact) mass is 189 g/mol. The fourth-order valence-electron chi connectivity index (χ4n) is 1.04. The van der Waals surface area contributed by atoms with Crippen LogP contribution in [0.25, 0.3) is 0 Å². The van der Waals surface area contributed by atoms with Crippen LogP contribution in [0.2, 0.25) is 0 Å². The standard InChI is InChI=1S/C6H4F3N4/c7-6(8,9)5-12-11-4-2-1-3-10-13(4)5/h1-2H2. The predicted molar refractivity (Wildman–Crippen MR) is 36.2 cm³/mol. The molecule has 1 radical (unpaired) electrons. The molecule has 4 nitrogen and oxygen atoms in total. The van der Waals surface area contributed by atoms with E-state index in [1.165, 1.54) is 0 Å². The lowest BCUT2D eigenvalue weighted by atomic mass is 10.3. The molecule has 0 spiro atoms. The van der Waals surface area contributed by atoms with Crippen molar-refractivity contribution in [3.8, 4) is 0 Å². The highest BCUT2D eigenvalue weighted by Gasteiger charge is 2.39. The van der Waals surface area contributed by atoms with Crippen LogP contribution in [0.1, 0.15) is 18.1 Å². The Morgan fingerprint density at radius 2 is 2.08 bits per heavy atom. The van der Waals surface area contributed by atoms with E-state index in [1.807, 2.05) is 0 Å². The van der Waals surface area contributed by atoms with E-state index in [2.05, 4.69) is 21.5 Å². The number of nitrogens with zero attached hydrogens (tertiary/aromatic N) is 4. The molecule has 0 bridgehead atoms. The van der Waals surface area contributed by atoms with Crippen LogP contribution in [-0.4, -0.2) is 21.1 Å². The van der Waals surface area contributed by atoms with Gasteiger partial charge in [0.05, 0.1) is 6.21 Å². The molecule has 0 saturated carbocycles. The minimum absolute atomic E-state index is 0.228. The number of hydrogen-bond acceptors (Lipinski definition) is 3. The van der Waals surface area contributed by atoms with Crippen molar-refractivity contribution in [2.45, 2.75) is 19.0 Å². The van der Waals surface area contributed by atoms with Gasteiger partial charge in [0.25, 0.3) is 5.82 Å². The molecule has 0 N–H and O–H groups in total. The van der Waals surface area contributed by atoms with Crippen molar-refractivity contribution in [2.24, 2.45) is 5.10 Å². The van der Waals surface area contributed by atoms with Gasteiger partial charge in [0.2, 0.25) is 0 Å². The molecule has 0 amide bonds. The lowest BCUT2D eigenvalue weighted by Gasteiger charge is -2.08. The SMILES string of the molecule is FC(F)(F)c1nnc2n1N=[C]CC2. The predicted octanol–water partition coefficient (Wildman–Crippen LogP) is 0.954. The average molecular weight is 189 g/mol. The van der Waals surface area contributed by atoms with Gasteiger partial charge in [-0.2, -0.15) is 22.9 Å². The summed E-state index contributed by atoms with van der Waals surface area (Å²) in [6, 6.07) is 0. The quantitative estimate of drug-likeness (QED) is 0.609. The molecular weight excluding hydrogens is 185 g/mol. The summed E-state index contributed by atoms with van der Waals surface area (Å²) < 4.78 is 37.3. The zero-order chi connectivity index (χ0) is 9.47. The van der Waals surface area contributed by atoms with E-state index in [9.17, 15) is 13.2 Å². The van der Waals surface area contributed by atoms with E-state index < -0.39 is 12.0 Å². The van der Waals surface area contributed by atoms with Gasteiger partial charge in [-0.1, -0.05) is 0 Å². The van der Waals surface area contributed by atoms with Gasteiger partial charge in [0, 0.05) is 12.8 Å². The summed E-state index contributed by atoms with van der Waals surface area (Å²) in [7, 11) is 0. The van der Waals surface area contributed by atoms with Crippen molar-refractivity contribution in [2.75, 3.05) is 0 Å². The lowest BCUT2D eigenvalue weighted by molar-refractivity contribution is -0.147. The third kappa shape index (κ3) is 1.30. The van der Waals surface area contributed by atoms with Crippen LogP contribution in [0, 0.1) is 0 Å². The summed E-state index contributed by atoms with van der Waals surface area (Å²) in [5.74, 6) is -0.860. The smallest absolute Gasteiger partial charge is 0.192 e. The molecule has 7 heteroatoms. The second-order valence-electron chi connectivity index (χ2n) is 2.51. The number of halogens is 3. The normalized spacial score (nSPS) is 15.9. The van der Waals surface area contributed by atoms with E-state index >= 15 is 0 Å². The van der Waals surface area contributed by atoms with Gasteiger partial charge in [0.15, 0.2) is 5.82 Å². The van der Waals surface area contributed by atoms with Gasteiger partial charge >= 0.3 is 6.18 Å². The van der Waals surface area contributed by atoms with E-state index in [-0.39, 0.29) is 5.82 Å². The second kappa shape index (κ2) is 2.54. The van der Waals surface area contributed by atoms with Gasteiger partial charge in [-0.3, -0.25) is 0 Å². The maximum absolute atomic E-state index is 12.2. The zero-order valence-electron chi connectivity index (χ0n) is 6.34. The highest BCUT2D eigenvalue weighted by Crippen LogP contribution is 2.28. The molecule has 2 rings (SSSR count). The Kier molecular flexibility index (Phi) is 1.61. The Labute approximate surface area is 71.1 Å². The van der Waals surface area contributed by atoms with Crippen molar-refractivity contribution in [3.63, 3.8) is 0 Å². The molecule has 1 aromatic heterocycles. The lowest BCUT2D eigenvalue weighted by Crippen LogP contribution is -2.15. The number of hydrogen-bond donors (Lipinski definition) is 0. The Balaban J connectivity index is 2.51. The molecule has 1 aliphatic heterocycles. The maximum Gasteiger partial charge on any atom is 0.453 e. The van der Waals surface area contributed by atoms with Gasteiger partial charge in [0.1, 0.15) is 0 Å². The number of alkyl halides is 3. The van der Waals surface area contributed by atoms with Crippen molar-refractivity contribution in [1.82, 2.24) is 14.9 Å². The largest absolute Gasteiger partial charge is 0.453 e. The fraction of sp³-hybridized carbons (Fsp3) is 0.500. The van der Waals surface area contributed by atoms with Gasteiger partial charge < -0.3 is 0 Å². The van der Waals surface area contributed by atoms with Gasteiger partial charge in [-0.25, -0.2) is 0 Å². The summed E-state index contributed by atoms with van der Waals surface area (Å²) in [6.45, 7) is 0. The summed E-state index contributed by atoms with van der Waals surface area (Å²) in [6.07, 6.45) is -1.18. The minimum atomic E-state index is -4.51. The fourth-order valence-corrected chi connectivity index (χ4v) is 1.04. The summed E-state index contributed by atoms with van der Waals surface area (Å²) in [4.78, 5) is 0. The molecule has 2 heterocycles. The molecule has 1 aliphatic rings. The highest BCUT2D eigenvalue weighted by atomic mass is 19.4. The molecular formula is C6H4F3N4. The summed E-state index contributed by atoms with van der Waals surface area (Å²) in [5.41, 5.74) is 0. The van der Waals surface area contributed by atoms with Gasteiger partial charge in [-0.05, 0) is 0 Å². The van der Waals surface area contributed by atoms with Crippen LogP contribution in [-0.2, 0) is 12.6 Å². The van der Waals surface area contributed by atoms with Crippen LogP contribution in [0.4, 0.5) is 13.2 Å². The highest BCUT2D eigenvalue weighted by molar-refractivity contribution is 5.58. The molecule has 0 aromatic carbocycles. The maximum atomic E-state index is 12.2. The minimum Gasteiger partial charge on any atom is -0.192 e. The number of rotatable bonds is 0. The van der Waals surface area contributed by atoms with Crippen LogP contribution < -0.4 is 0 Å².